The maximum atomic E-state index is 13.1. The molecule has 1 amide bonds. The number of nitrogens with zero attached hydrogens (tertiary/aromatic N) is 3. The number of carbonyl (C=O) groups excluding carboxylic acids is 1. The van der Waals surface area contributed by atoms with Gasteiger partial charge < -0.3 is 15.3 Å². The largest absolute Gasteiger partial charge is 0.501 e. The molecule has 160 valence electrons. The molecule has 1 unspecified atom stereocenters. The SMILES string of the molecule is CN1c2ccccc2CCC1c1nc(C(=O)NCc2ccc(F)cc2)c(O)c(=O)n1C. The zero-order chi connectivity index (χ0) is 22.1. The molecule has 3 aromatic rings. The van der Waals surface area contributed by atoms with Gasteiger partial charge in [0.1, 0.15) is 11.6 Å². The van der Waals surface area contributed by atoms with Crippen molar-refractivity contribution in [2.24, 2.45) is 7.05 Å². The second-order valence-corrected chi connectivity index (χ2v) is 7.63. The fourth-order valence-electron chi connectivity index (χ4n) is 3.95. The summed E-state index contributed by atoms with van der Waals surface area (Å²) in [6.07, 6.45) is 1.53. The lowest BCUT2D eigenvalue weighted by Gasteiger charge is -2.36. The van der Waals surface area contributed by atoms with Crippen LogP contribution < -0.4 is 15.8 Å². The number of aryl methyl sites for hydroxylation is 1. The van der Waals surface area contributed by atoms with E-state index < -0.39 is 17.2 Å². The Morgan fingerprint density at radius 3 is 2.65 bits per heavy atom. The number of aromatic hydroxyl groups is 1. The van der Waals surface area contributed by atoms with Gasteiger partial charge in [0, 0.05) is 26.3 Å². The number of para-hydroxylation sites is 1. The molecule has 0 saturated heterocycles. The number of aromatic nitrogens is 2. The van der Waals surface area contributed by atoms with Crippen LogP contribution in [0.15, 0.2) is 53.3 Å². The van der Waals surface area contributed by atoms with Crippen LogP contribution in [0.4, 0.5) is 10.1 Å². The number of carbonyl (C=O) groups is 1. The number of nitrogens with one attached hydrogen (secondary N) is 1. The number of anilines is 1. The van der Waals surface area contributed by atoms with E-state index in [-0.39, 0.29) is 24.1 Å². The van der Waals surface area contributed by atoms with Crippen LogP contribution in [0.3, 0.4) is 0 Å². The minimum Gasteiger partial charge on any atom is -0.501 e. The van der Waals surface area contributed by atoms with E-state index in [9.17, 15) is 19.1 Å². The summed E-state index contributed by atoms with van der Waals surface area (Å²) in [5.41, 5.74) is 1.95. The molecule has 7 nitrogen and oxygen atoms in total. The first kappa shape index (κ1) is 20.6. The Morgan fingerprint density at radius 2 is 1.90 bits per heavy atom. The van der Waals surface area contributed by atoms with E-state index >= 15 is 0 Å². The zero-order valence-corrected chi connectivity index (χ0v) is 17.3. The summed E-state index contributed by atoms with van der Waals surface area (Å²) in [6, 6.07) is 13.5. The number of hydrogen-bond donors (Lipinski definition) is 2. The number of rotatable bonds is 4. The molecule has 1 aliphatic heterocycles. The van der Waals surface area contributed by atoms with Crippen LogP contribution >= 0.6 is 0 Å². The number of hydrogen-bond acceptors (Lipinski definition) is 5. The summed E-state index contributed by atoms with van der Waals surface area (Å²) < 4.78 is 14.4. The van der Waals surface area contributed by atoms with Gasteiger partial charge >= 0.3 is 0 Å². The minimum absolute atomic E-state index is 0.113. The van der Waals surface area contributed by atoms with Crippen molar-refractivity contribution in [2.75, 3.05) is 11.9 Å². The van der Waals surface area contributed by atoms with E-state index in [1.165, 1.54) is 22.3 Å². The lowest BCUT2D eigenvalue weighted by atomic mass is 9.95. The molecular formula is C23H23FN4O3. The van der Waals surface area contributed by atoms with Crippen LogP contribution in [-0.4, -0.2) is 27.6 Å². The van der Waals surface area contributed by atoms with Crippen LogP contribution in [0.2, 0.25) is 0 Å². The summed E-state index contributed by atoms with van der Waals surface area (Å²) in [6.45, 7) is 0.113. The molecular weight excluding hydrogens is 399 g/mol. The van der Waals surface area contributed by atoms with E-state index in [0.717, 1.165) is 18.5 Å². The van der Waals surface area contributed by atoms with Crippen LogP contribution in [0, 0.1) is 5.82 Å². The monoisotopic (exact) mass is 422 g/mol. The first-order chi connectivity index (χ1) is 14.9. The van der Waals surface area contributed by atoms with Gasteiger partial charge in [0.2, 0.25) is 5.75 Å². The molecule has 0 fully saturated rings. The lowest BCUT2D eigenvalue weighted by molar-refractivity contribution is 0.0941. The summed E-state index contributed by atoms with van der Waals surface area (Å²) in [5.74, 6) is -1.32. The number of amides is 1. The van der Waals surface area contributed by atoms with Gasteiger partial charge in [-0.2, -0.15) is 0 Å². The molecule has 0 saturated carbocycles. The van der Waals surface area contributed by atoms with Crippen molar-refractivity contribution >= 4 is 11.6 Å². The highest BCUT2D eigenvalue weighted by Crippen LogP contribution is 2.36. The zero-order valence-electron chi connectivity index (χ0n) is 17.3. The fraction of sp³-hybridized carbons (Fsp3) is 0.261. The maximum Gasteiger partial charge on any atom is 0.296 e. The molecule has 0 radical (unpaired) electrons. The molecule has 2 heterocycles. The summed E-state index contributed by atoms with van der Waals surface area (Å²) in [4.78, 5) is 31.8. The van der Waals surface area contributed by atoms with E-state index in [1.54, 1.807) is 19.2 Å². The van der Waals surface area contributed by atoms with Crippen molar-refractivity contribution < 1.29 is 14.3 Å². The Balaban J connectivity index is 1.64. The third-order valence-corrected chi connectivity index (χ3v) is 5.71. The summed E-state index contributed by atoms with van der Waals surface area (Å²) in [5, 5.41) is 12.9. The maximum absolute atomic E-state index is 13.1. The molecule has 31 heavy (non-hydrogen) atoms. The molecule has 1 aromatic heterocycles. The van der Waals surface area contributed by atoms with Crippen molar-refractivity contribution in [2.45, 2.75) is 25.4 Å². The van der Waals surface area contributed by atoms with Crippen molar-refractivity contribution in [3.63, 3.8) is 0 Å². The standard InChI is InChI=1S/C23H23FN4O3/c1-27-17-6-4-3-5-15(17)9-12-18(27)21-26-19(20(29)23(31)28(21)2)22(30)25-13-14-7-10-16(24)11-8-14/h3-8,10-11,18,29H,9,12-13H2,1-2H3,(H,25,30). The van der Waals surface area contributed by atoms with Gasteiger partial charge in [0.25, 0.3) is 11.5 Å². The minimum atomic E-state index is -0.693. The van der Waals surface area contributed by atoms with Crippen molar-refractivity contribution in [3.8, 4) is 5.75 Å². The van der Waals surface area contributed by atoms with Crippen molar-refractivity contribution in [1.29, 1.82) is 0 Å². The normalized spacial score (nSPS) is 15.5. The highest BCUT2D eigenvalue weighted by atomic mass is 19.1. The van der Waals surface area contributed by atoms with E-state index in [2.05, 4.69) is 16.4 Å². The van der Waals surface area contributed by atoms with Gasteiger partial charge in [-0.1, -0.05) is 30.3 Å². The second-order valence-electron chi connectivity index (χ2n) is 7.63. The number of fused-ring (bicyclic) bond motifs is 1. The molecule has 1 aliphatic rings. The van der Waals surface area contributed by atoms with E-state index in [1.807, 2.05) is 30.1 Å². The van der Waals surface area contributed by atoms with Gasteiger partial charge in [0.15, 0.2) is 5.69 Å². The van der Waals surface area contributed by atoms with Gasteiger partial charge in [-0.15, -0.1) is 0 Å². The third-order valence-electron chi connectivity index (χ3n) is 5.71. The fourth-order valence-corrected chi connectivity index (χ4v) is 3.95. The van der Waals surface area contributed by atoms with Crippen LogP contribution in [0.5, 0.6) is 5.75 Å². The molecule has 0 spiro atoms. The van der Waals surface area contributed by atoms with Gasteiger partial charge in [0.05, 0.1) is 6.04 Å². The highest BCUT2D eigenvalue weighted by Gasteiger charge is 2.30. The smallest absolute Gasteiger partial charge is 0.296 e. The number of benzene rings is 2. The quantitative estimate of drug-likeness (QED) is 0.675. The highest BCUT2D eigenvalue weighted by molar-refractivity contribution is 5.94. The van der Waals surface area contributed by atoms with Crippen LogP contribution in [0.1, 0.15) is 39.9 Å². The number of halogens is 1. The first-order valence-corrected chi connectivity index (χ1v) is 10.00. The molecule has 0 bridgehead atoms. The Morgan fingerprint density at radius 1 is 1.19 bits per heavy atom. The molecule has 0 aliphatic carbocycles. The second kappa shape index (κ2) is 8.22. The van der Waals surface area contributed by atoms with Gasteiger partial charge in [-0.25, -0.2) is 9.37 Å². The lowest BCUT2D eigenvalue weighted by Crippen LogP contribution is -2.37. The molecule has 4 rings (SSSR count). The first-order valence-electron chi connectivity index (χ1n) is 10.00. The Labute approximate surface area is 178 Å². The average molecular weight is 422 g/mol. The van der Waals surface area contributed by atoms with Crippen LogP contribution in [0.25, 0.3) is 0 Å². The summed E-state index contributed by atoms with van der Waals surface area (Å²) >= 11 is 0. The molecule has 8 heteroatoms. The Kier molecular flexibility index (Phi) is 5.46. The van der Waals surface area contributed by atoms with Crippen molar-refractivity contribution in [1.82, 2.24) is 14.9 Å². The molecule has 2 aromatic carbocycles. The third kappa shape index (κ3) is 3.88. The van der Waals surface area contributed by atoms with Crippen LogP contribution in [-0.2, 0) is 20.0 Å². The topological polar surface area (TPSA) is 87.5 Å². The Hall–Kier alpha value is -3.68. The van der Waals surface area contributed by atoms with E-state index in [0.29, 0.717) is 11.4 Å². The van der Waals surface area contributed by atoms with Gasteiger partial charge in [-0.05, 0) is 42.2 Å². The predicted molar refractivity (Wildman–Crippen MR) is 115 cm³/mol. The average Bonchev–Trinajstić information content (AvgIpc) is 2.78. The Bertz CT molecular complexity index is 1190. The van der Waals surface area contributed by atoms with E-state index in [4.69, 9.17) is 0 Å². The predicted octanol–water partition coefficient (Wildman–Crippen LogP) is 2.68. The van der Waals surface area contributed by atoms with Gasteiger partial charge in [-0.3, -0.25) is 14.2 Å². The summed E-state index contributed by atoms with van der Waals surface area (Å²) in [7, 11) is 3.47. The van der Waals surface area contributed by atoms with Crippen molar-refractivity contribution in [3.05, 3.63) is 87.3 Å². The molecule has 2 N–H and O–H groups in total. The molecule has 1 atom stereocenters.